The third kappa shape index (κ3) is 2.94. The largest absolute Gasteiger partial charge is 0.363 e. The van der Waals surface area contributed by atoms with Crippen molar-refractivity contribution in [1.82, 2.24) is 9.97 Å². The fourth-order valence-corrected chi connectivity index (χ4v) is 3.54. The highest BCUT2D eigenvalue weighted by atomic mass is 35.5. The van der Waals surface area contributed by atoms with Crippen LogP contribution in [0.1, 0.15) is 43.9 Å². The van der Waals surface area contributed by atoms with Crippen molar-refractivity contribution in [2.75, 3.05) is 5.32 Å². The minimum absolute atomic E-state index is 0.148. The van der Waals surface area contributed by atoms with Crippen LogP contribution in [0.2, 0.25) is 5.02 Å². The third-order valence-corrected chi connectivity index (χ3v) is 5.10. The lowest BCUT2D eigenvalue weighted by molar-refractivity contribution is 0.849. The molecule has 0 saturated carbocycles. The molecule has 22 heavy (non-hydrogen) atoms. The van der Waals surface area contributed by atoms with E-state index in [4.69, 9.17) is 11.6 Å². The fourth-order valence-electron chi connectivity index (χ4n) is 2.41. The smallest absolute Gasteiger partial charge is 0.140 e. The number of hydrogen-bond donors (Lipinski definition) is 1. The van der Waals surface area contributed by atoms with Gasteiger partial charge in [-0.25, -0.2) is 9.97 Å². The van der Waals surface area contributed by atoms with E-state index in [1.165, 1.54) is 22.5 Å². The zero-order valence-corrected chi connectivity index (χ0v) is 14.4. The second kappa shape index (κ2) is 6.23. The molecule has 114 valence electrons. The van der Waals surface area contributed by atoms with E-state index in [1.807, 2.05) is 5.38 Å². The summed E-state index contributed by atoms with van der Waals surface area (Å²) < 4.78 is 0. The van der Waals surface area contributed by atoms with E-state index >= 15 is 0 Å². The second-order valence-corrected chi connectivity index (χ2v) is 6.94. The Morgan fingerprint density at radius 3 is 2.41 bits per heavy atom. The Kier molecular flexibility index (Phi) is 4.32. The number of aromatic nitrogens is 2. The quantitative estimate of drug-likeness (QED) is 0.672. The summed E-state index contributed by atoms with van der Waals surface area (Å²) in [6.45, 7) is 6.53. The van der Waals surface area contributed by atoms with Crippen LogP contribution in [-0.4, -0.2) is 9.97 Å². The van der Waals surface area contributed by atoms with Gasteiger partial charge in [0.25, 0.3) is 0 Å². The van der Waals surface area contributed by atoms with Crippen molar-refractivity contribution in [2.24, 2.45) is 0 Å². The van der Waals surface area contributed by atoms with E-state index in [0.717, 1.165) is 16.0 Å². The predicted octanol–water partition coefficient (Wildman–Crippen LogP) is 5.64. The lowest BCUT2D eigenvalue weighted by Crippen LogP contribution is -2.08. The molecule has 0 aliphatic rings. The van der Waals surface area contributed by atoms with Crippen LogP contribution in [0, 0.1) is 0 Å². The number of nitrogens with one attached hydrogen (secondary N) is 1. The highest BCUT2D eigenvalue weighted by molar-refractivity contribution is 7.17. The molecule has 0 fully saturated rings. The van der Waals surface area contributed by atoms with Crippen molar-refractivity contribution in [3.8, 4) is 0 Å². The van der Waals surface area contributed by atoms with Gasteiger partial charge in [0.1, 0.15) is 17.0 Å². The first-order valence-corrected chi connectivity index (χ1v) is 8.56. The highest BCUT2D eigenvalue weighted by Gasteiger charge is 2.13. The molecule has 3 nitrogen and oxygen atoms in total. The minimum Gasteiger partial charge on any atom is -0.363 e. The van der Waals surface area contributed by atoms with Crippen LogP contribution in [0.15, 0.2) is 36.0 Å². The van der Waals surface area contributed by atoms with Gasteiger partial charge < -0.3 is 5.32 Å². The normalized spacial score (nSPS) is 12.8. The van der Waals surface area contributed by atoms with Gasteiger partial charge in [0.05, 0.1) is 10.4 Å². The molecule has 0 spiro atoms. The van der Waals surface area contributed by atoms with E-state index in [2.05, 4.69) is 60.3 Å². The molecule has 1 N–H and O–H groups in total. The number of thiophene rings is 1. The standard InChI is InChI=1S/C17H18ClN3S/c1-10(2)12-4-6-13(7-5-12)11(3)21-16-15-14(18)8-22-17(15)20-9-19-16/h4-11H,1-3H3,(H,19,20,21). The van der Waals surface area contributed by atoms with Gasteiger partial charge in [-0.05, 0) is 24.0 Å². The van der Waals surface area contributed by atoms with Gasteiger partial charge in [0.2, 0.25) is 0 Å². The Balaban J connectivity index is 1.86. The first-order chi connectivity index (χ1) is 10.6. The zero-order valence-electron chi connectivity index (χ0n) is 12.8. The molecule has 1 aromatic carbocycles. The monoisotopic (exact) mass is 331 g/mol. The molecular formula is C17H18ClN3S. The molecule has 0 aliphatic carbocycles. The maximum Gasteiger partial charge on any atom is 0.140 e. The van der Waals surface area contributed by atoms with Crippen molar-refractivity contribution in [1.29, 1.82) is 0 Å². The van der Waals surface area contributed by atoms with Gasteiger partial charge in [0, 0.05) is 11.4 Å². The topological polar surface area (TPSA) is 37.8 Å². The van der Waals surface area contributed by atoms with Crippen LogP contribution < -0.4 is 5.32 Å². The summed E-state index contributed by atoms with van der Waals surface area (Å²) in [7, 11) is 0. The molecule has 0 saturated heterocycles. The number of rotatable bonds is 4. The lowest BCUT2D eigenvalue weighted by Gasteiger charge is -2.16. The molecule has 0 aliphatic heterocycles. The van der Waals surface area contributed by atoms with Gasteiger partial charge >= 0.3 is 0 Å². The lowest BCUT2D eigenvalue weighted by atomic mass is 9.99. The van der Waals surface area contributed by atoms with E-state index in [9.17, 15) is 0 Å². The summed E-state index contributed by atoms with van der Waals surface area (Å²) in [5.41, 5.74) is 2.57. The number of hydrogen-bond acceptors (Lipinski definition) is 4. The zero-order chi connectivity index (χ0) is 15.7. The van der Waals surface area contributed by atoms with Gasteiger partial charge in [-0.1, -0.05) is 49.7 Å². The van der Waals surface area contributed by atoms with Gasteiger partial charge in [-0.3, -0.25) is 0 Å². The summed E-state index contributed by atoms with van der Waals surface area (Å²) >= 11 is 7.79. The van der Waals surface area contributed by atoms with Crippen LogP contribution in [0.5, 0.6) is 0 Å². The fraction of sp³-hybridized carbons (Fsp3) is 0.294. The van der Waals surface area contributed by atoms with Crippen LogP contribution in [0.3, 0.4) is 0 Å². The maximum absolute atomic E-state index is 6.25. The third-order valence-electron chi connectivity index (χ3n) is 3.78. The van der Waals surface area contributed by atoms with Crippen molar-refractivity contribution in [2.45, 2.75) is 32.7 Å². The molecule has 2 heterocycles. The second-order valence-electron chi connectivity index (χ2n) is 5.67. The summed E-state index contributed by atoms with van der Waals surface area (Å²) in [5, 5.41) is 6.95. The molecule has 2 aromatic heterocycles. The van der Waals surface area contributed by atoms with Gasteiger partial charge in [-0.15, -0.1) is 11.3 Å². The summed E-state index contributed by atoms with van der Waals surface area (Å²) in [5.74, 6) is 1.33. The molecule has 0 radical (unpaired) electrons. The average molecular weight is 332 g/mol. The first-order valence-electron chi connectivity index (χ1n) is 7.30. The number of halogens is 1. The number of benzene rings is 1. The SMILES string of the molecule is CC(C)c1ccc(C(C)Nc2ncnc3scc(Cl)c23)cc1. The molecule has 1 atom stereocenters. The van der Waals surface area contributed by atoms with Gasteiger partial charge in [-0.2, -0.15) is 0 Å². The van der Waals surface area contributed by atoms with Crippen LogP contribution in [0.4, 0.5) is 5.82 Å². The van der Waals surface area contributed by atoms with E-state index < -0.39 is 0 Å². The molecule has 0 amide bonds. The van der Waals surface area contributed by atoms with Crippen LogP contribution in [0.25, 0.3) is 10.2 Å². The minimum atomic E-state index is 0.148. The van der Waals surface area contributed by atoms with Crippen molar-refractivity contribution < 1.29 is 0 Å². The molecule has 3 rings (SSSR count). The number of anilines is 1. The molecule has 1 unspecified atom stereocenters. The first kappa shape index (κ1) is 15.3. The number of nitrogens with zero attached hydrogens (tertiary/aromatic N) is 2. The number of fused-ring (bicyclic) bond motifs is 1. The molecule has 0 bridgehead atoms. The van der Waals surface area contributed by atoms with Gasteiger partial charge in [0.15, 0.2) is 0 Å². The molecular weight excluding hydrogens is 314 g/mol. The summed E-state index contributed by atoms with van der Waals surface area (Å²) in [6, 6.07) is 8.85. The highest BCUT2D eigenvalue weighted by Crippen LogP contribution is 2.34. The Hall–Kier alpha value is -1.65. The maximum atomic E-state index is 6.25. The van der Waals surface area contributed by atoms with E-state index in [0.29, 0.717) is 10.9 Å². The van der Waals surface area contributed by atoms with Crippen molar-refractivity contribution in [3.63, 3.8) is 0 Å². The Morgan fingerprint density at radius 1 is 1.05 bits per heavy atom. The predicted molar refractivity (Wildman–Crippen MR) is 95.0 cm³/mol. The van der Waals surface area contributed by atoms with Crippen LogP contribution >= 0.6 is 22.9 Å². The molecule has 5 heteroatoms. The average Bonchev–Trinajstić information content (AvgIpc) is 2.90. The Morgan fingerprint density at radius 2 is 1.73 bits per heavy atom. The summed E-state index contributed by atoms with van der Waals surface area (Å²) in [6.07, 6.45) is 1.58. The van der Waals surface area contributed by atoms with Crippen molar-refractivity contribution in [3.05, 3.63) is 52.1 Å². The summed E-state index contributed by atoms with van der Waals surface area (Å²) in [4.78, 5) is 9.52. The Labute approximate surface area is 139 Å². The van der Waals surface area contributed by atoms with Crippen molar-refractivity contribution >= 4 is 39.0 Å². The van der Waals surface area contributed by atoms with E-state index in [1.54, 1.807) is 6.33 Å². The van der Waals surface area contributed by atoms with Crippen LogP contribution in [-0.2, 0) is 0 Å². The Bertz CT molecular complexity index is 780. The molecule has 3 aromatic rings. The van der Waals surface area contributed by atoms with E-state index in [-0.39, 0.29) is 6.04 Å².